The van der Waals surface area contributed by atoms with Crippen LogP contribution in [0.5, 0.6) is 0 Å². The van der Waals surface area contributed by atoms with Crippen molar-refractivity contribution < 1.29 is 13.6 Å². The van der Waals surface area contributed by atoms with Crippen molar-refractivity contribution >= 4 is 5.91 Å². The first-order valence-electron chi connectivity index (χ1n) is 8.14. The highest BCUT2D eigenvalue weighted by Crippen LogP contribution is 2.13. The Bertz CT molecular complexity index is 690. The summed E-state index contributed by atoms with van der Waals surface area (Å²) in [4.78, 5) is 14.4. The second-order valence-electron chi connectivity index (χ2n) is 6.14. The molecule has 5 heteroatoms. The highest BCUT2D eigenvalue weighted by molar-refractivity contribution is 5.94. The Balaban J connectivity index is 1.55. The Morgan fingerprint density at radius 1 is 0.958 bits per heavy atom. The highest BCUT2D eigenvalue weighted by atomic mass is 19.1. The summed E-state index contributed by atoms with van der Waals surface area (Å²) in [6.45, 7) is 3.58. The molecule has 0 bridgehead atoms. The summed E-state index contributed by atoms with van der Waals surface area (Å²) in [6.07, 6.45) is 2.54. The van der Waals surface area contributed by atoms with E-state index < -0.39 is 17.5 Å². The van der Waals surface area contributed by atoms with Crippen LogP contribution in [-0.2, 0) is 13.1 Å². The molecule has 0 radical (unpaired) electrons. The number of amides is 1. The summed E-state index contributed by atoms with van der Waals surface area (Å²) in [6, 6.07) is 10.9. The Hall–Kier alpha value is -2.27. The zero-order chi connectivity index (χ0) is 16.9. The van der Waals surface area contributed by atoms with E-state index in [1.165, 1.54) is 18.4 Å². The van der Waals surface area contributed by atoms with Crippen molar-refractivity contribution in [2.24, 2.45) is 0 Å². The van der Waals surface area contributed by atoms with Crippen LogP contribution in [0.15, 0.2) is 42.5 Å². The van der Waals surface area contributed by atoms with Gasteiger partial charge in [-0.05, 0) is 49.2 Å². The maximum atomic E-state index is 13.1. The van der Waals surface area contributed by atoms with Gasteiger partial charge in [-0.1, -0.05) is 24.3 Å². The molecule has 0 aliphatic carbocycles. The van der Waals surface area contributed by atoms with Gasteiger partial charge in [0.25, 0.3) is 5.91 Å². The van der Waals surface area contributed by atoms with Crippen LogP contribution in [0, 0.1) is 11.6 Å². The highest BCUT2D eigenvalue weighted by Gasteiger charge is 2.12. The van der Waals surface area contributed by atoms with Gasteiger partial charge in [-0.15, -0.1) is 0 Å². The van der Waals surface area contributed by atoms with Gasteiger partial charge in [0, 0.05) is 24.7 Å². The van der Waals surface area contributed by atoms with Gasteiger partial charge in [-0.2, -0.15) is 0 Å². The largest absolute Gasteiger partial charge is 0.348 e. The lowest BCUT2D eigenvalue weighted by Crippen LogP contribution is -2.23. The molecule has 1 heterocycles. The Morgan fingerprint density at radius 2 is 1.54 bits per heavy atom. The number of carbonyl (C=O) groups excluding carboxylic acids is 1. The van der Waals surface area contributed by atoms with E-state index in [4.69, 9.17) is 0 Å². The molecule has 1 saturated heterocycles. The molecule has 126 valence electrons. The molecule has 1 fully saturated rings. The molecule has 3 rings (SSSR count). The van der Waals surface area contributed by atoms with Gasteiger partial charge in [-0.3, -0.25) is 9.69 Å². The minimum Gasteiger partial charge on any atom is -0.348 e. The fraction of sp³-hybridized carbons (Fsp3) is 0.316. The summed E-state index contributed by atoms with van der Waals surface area (Å²) in [5.74, 6) is -2.01. The lowest BCUT2D eigenvalue weighted by Gasteiger charge is -2.14. The van der Waals surface area contributed by atoms with Crippen molar-refractivity contribution in [2.75, 3.05) is 13.1 Å². The third-order valence-corrected chi connectivity index (χ3v) is 4.21. The minimum atomic E-state index is -0.758. The van der Waals surface area contributed by atoms with E-state index >= 15 is 0 Å². The van der Waals surface area contributed by atoms with E-state index in [2.05, 4.69) is 22.3 Å². The first-order chi connectivity index (χ1) is 11.6. The first-order valence-corrected chi connectivity index (χ1v) is 8.14. The number of carbonyl (C=O) groups is 1. The van der Waals surface area contributed by atoms with Gasteiger partial charge in [0.2, 0.25) is 0 Å². The lowest BCUT2D eigenvalue weighted by atomic mass is 10.1. The Morgan fingerprint density at radius 3 is 2.17 bits per heavy atom. The molecule has 0 atom stereocenters. The third-order valence-electron chi connectivity index (χ3n) is 4.21. The molecule has 0 saturated carbocycles. The van der Waals surface area contributed by atoms with Gasteiger partial charge in [0.05, 0.1) is 0 Å². The Labute approximate surface area is 140 Å². The molecule has 3 nitrogen and oxygen atoms in total. The third kappa shape index (κ3) is 4.38. The van der Waals surface area contributed by atoms with Crippen LogP contribution in [0.25, 0.3) is 0 Å². The standard InChI is InChI=1S/C19H20F2N2O/c20-17-9-16(10-18(21)11-17)19(24)22-12-14-3-5-15(6-4-14)13-23-7-1-2-8-23/h3-6,9-11H,1-2,7-8,12-13H2,(H,22,24). The number of hydrogen-bond donors (Lipinski definition) is 1. The number of nitrogens with zero attached hydrogens (tertiary/aromatic N) is 1. The maximum Gasteiger partial charge on any atom is 0.251 e. The number of hydrogen-bond acceptors (Lipinski definition) is 2. The number of nitrogens with one attached hydrogen (secondary N) is 1. The topological polar surface area (TPSA) is 32.3 Å². The van der Waals surface area contributed by atoms with Crippen molar-refractivity contribution in [3.8, 4) is 0 Å². The molecule has 0 spiro atoms. The van der Waals surface area contributed by atoms with E-state index in [1.807, 2.05) is 12.1 Å². The zero-order valence-corrected chi connectivity index (χ0v) is 13.4. The molecule has 1 amide bonds. The van der Waals surface area contributed by atoms with Gasteiger partial charge < -0.3 is 5.32 Å². The predicted molar refractivity (Wildman–Crippen MR) is 88.5 cm³/mol. The van der Waals surface area contributed by atoms with Gasteiger partial charge in [0.15, 0.2) is 0 Å². The maximum absolute atomic E-state index is 13.1. The zero-order valence-electron chi connectivity index (χ0n) is 13.4. The minimum absolute atomic E-state index is 0.0156. The predicted octanol–water partition coefficient (Wildman–Crippen LogP) is 3.49. The van der Waals surface area contributed by atoms with Crippen molar-refractivity contribution in [2.45, 2.75) is 25.9 Å². The van der Waals surface area contributed by atoms with Crippen LogP contribution >= 0.6 is 0 Å². The quantitative estimate of drug-likeness (QED) is 0.910. The van der Waals surface area contributed by atoms with Crippen molar-refractivity contribution in [3.63, 3.8) is 0 Å². The fourth-order valence-corrected chi connectivity index (χ4v) is 2.93. The SMILES string of the molecule is O=C(NCc1ccc(CN2CCCC2)cc1)c1cc(F)cc(F)c1. The molecular weight excluding hydrogens is 310 g/mol. The summed E-state index contributed by atoms with van der Waals surface area (Å²) in [5, 5.41) is 2.68. The van der Waals surface area contributed by atoms with E-state index in [-0.39, 0.29) is 5.56 Å². The second-order valence-corrected chi connectivity index (χ2v) is 6.14. The normalized spacial score (nSPS) is 14.8. The molecule has 2 aromatic carbocycles. The first kappa shape index (κ1) is 16.6. The van der Waals surface area contributed by atoms with E-state index in [1.54, 1.807) is 0 Å². The molecule has 0 unspecified atom stereocenters. The average Bonchev–Trinajstić information content (AvgIpc) is 3.06. The van der Waals surface area contributed by atoms with Crippen LogP contribution in [0.1, 0.15) is 34.3 Å². The summed E-state index contributed by atoms with van der Waals surface area (Å²) < 4.78 is 26.3. The van der Waals surface area contributed by atoms with E-state index in [0.717, 1.165) is 43.4 Å². The summed E-state index contributed by atoms with van der Waals surface area (Å²) >= 11 is 0. The lowest BCUT2D eigenvalue weighted by molar-refractivity contribution is 0.0950. The van der Waals surface area contributed by atoms with E-state index in [0.29, 0.717) is 6.54 Å². The van der Waals surface area contributed by atoms with Crippen molar-refractivity contribution in [1.29, 1.82) is 0 Å². The van der Waals surface area contributed by atoms with Crippen LogP contribution < -0.4 is 5.32 Å². The molecule has 0 aromatic heterocycles. The molecule has 1 aliphatic heterocycles. The number of halogens is 2. The van der Waals surface area contributed by atoms with Crippen LogP contribution in [0.3, 0.4) is 0 Å². The van der Waals surface area contributed by atoms with Crippen molar-refractivity contribution in [1.82, 2.24) is 10.2 Å². The molecular formula is C19H20F2N2O. The fourth-order valence-electron chi connectivity index (χ4n) is 2.93. The molecule has 1 aliphatic rings. The smallest absolute Gasteiger partial charge is 0.251 e. The second kappa shape index (κ2) is 7.53. The van der Waals surface area contributed by atoms with Crippen molar-refractivity contribution in [3.05, 3.63) is 70.8 Å². The molecule has 24 heavy (non-hydrogen) atoms. The van der Waals surface area contributed by atoms with Gasteiger partial charge in [-0.25, -0.2) is 8.78 Å². The van der Waals surface area contributed by atoms with E-state index in [9.17, 15) is 13.6 Å². The number of benzene rings is 2. The van der Waals surface area contributed by atoms with Gasteiger partial charge in [0.1, 0.15) is 11.6 Å². The van der Waals surface area contributed by atoms with Crippen LogP contribution in [0.4, 0.5) is 8.78 Å². The summed E-state index contributed by atoms with van der Waals surface area (Å²) in [5.41, 5.74) is 2.18. The van der Waals surface area contributed by atoms with Crippen LogP contribution in [-0.4, -0.2) is 23.9 Å². The Kier molecular flexibility index (Phi) is 5.20. The monoisotopic (exact) mass is 330 g/mol. The average molecular weight is 330 g/mol. The number of rotatable bonds is 5. The molecule has 1 N–H and O–H groups in total. The summed E-state index contributed by atoms with van der Waals surface area (Å²) in [7, 11) is 0. The number of likely N-dealkylation sites (tertiary alicyclic amines) is 1. The van der Waals surface area contributed by atoms with Crippen LogP contribution in [0.2, 0.25) is 0 Å². The molecule has 2 aromatic rings. The van der Waals surface area contributed by atoms with Gasteiger partial charge >= 0.3 is 0 Å².